The van der Waals surface area contributed by atoms with Crippen LogP contribution in [0.25, 0.3) is 6.08 Å². The van der Waals surface area contributed by atoms with Crippen molar-refractivity contribution in [3.8, 4) is 17.2 Å². The summed E-state index contributed by atoms with van der Waals surface area (Å²) in [4.78, 5) is 38.3. The second-order valence-electron chi connectivity index (χ2n) is 6.55. The summed E-state index contributed by atoms with van der Waals surface area (Å²) in [5, 5.41) is 2.39. The third-order valence-electron chi connectivity index (χ3n) is 4.39. The number of unbranched alkanes of at least 4 members (excludes halogenated alkanes) is 1. The summed E-state index contributed by atoms with van der Waals surface area (Å²) in [5.41, 5.74) is 0.636. The number of methoxy groups -OCH3 is 3. The molecule has 1 aromatic rings. The van der Waals surface area contributed by atoms with Gasteiger partial charge < -0.3 is 19.5 Å². The Kier molecular flexibility index (Phi) is 10.1. The van der Waals surface area contributed by atoms with Crippen LogP contribution in [-0.2, 0) is 9.59 Å². The molecule has 0 unspecified atom stereocenters. The number of carbonyl (C=O) groups is 3. The monoisotopic (exact) mass is 468 g/mol. The number of rotatable bonds is 12. The maximum Gasteiger partial charge on any atom is 0.293 e. The van der Waals surface area contributed by atoms with Gasteiger partial charge in [-0.2, -0.15) is 11.8 Å². The Labute approximate surface area is 191 Å². The van der Waals surface area contributed by atoms with E-state index >= 15 is 0 Å². The number of hydrogen-bond donors (Lipinski definition) is 1. The smallest absolute Gasteiger partial charge is 0.293 e. The molecule has 2 rings (SSSR count). The van der Waals surface area contributed by atoms with Gasteiger partial charge in [0.15, 0.2) is 11.5 Å². The minimum Gasteiger partial charge on any atom is -0.493 e. The molecule has 170 valence electrons. The van der Waals surface area contributed by atoms with Crippen LogP contribution in [0.1, 0.15) is 25.3 Å². The maximum atomic E-state index is 12.7. The Balaban J connectivity index is 2.00. The van der Waals surface area contributed by atoms with Crippen LogP contribution in [0.2, 0.25) is 0 Å². The fourth-order valence-corrected chi connectivity index (χ4v) is 4.59. The van der Waals surface area contributed by atoms with Crippen LogP contribution in [0, 0.1) is 0 Å². The Morgan fingerprint density at radius 1 is 1.16 bits per heavy atom. The Bertz CT molecular complexity index is 818. The van der Waals surface area contributed by atoms with Gasteiger partial charge in [-0.15, -0.1) is 0 Å². The first-order chi connectivity index (χ1) is 14.9. The molecule has 8 nitrogen and oxygen atoms in total. The van der Waals surface area contributed by atoms with Crippen molar-refractivity contribution in [3.63, 3.8) is 0 Å². The molecule has 10 heteroatoms. The van der Waals surface area contributed by atoms with E-state index < -0.39 is 5.91 Å². The van der Waals surface area contributed by atoms with Gasteiger partial charge in [-0.05, 0) is 47.7 Å². The fraction of sp³-hybridized carbons (Fsp3) is 0.476. The predicted molar refractivity (Wildman–Crippen MR) is 124 cm³/mol. The molecule has 0 radical (unpaired) electrons. The van der Waals surface area contributed by atoms with Gasteiger partial charge in [0.2, 0.25) is 11.7 Å². The fourth-order valence-electron chi connectivity index (χ4n) is 2.80. The van der Waals surface area contributed by atoms with Gasteiger partial charge in [0, 0.05) is 13.1 Å². The molecule has 31 heavy (non-hydrogen) atoms. The SMILES string of the molecule is CCCCSCC(=O)NCCN1C(=O)S/C(=C\c2cc(OC)c(OC)c(OC)c2)C1=O. The molecule has 0 aliphatic carbocycles. The van der Waals surface area contributed by atoms with Crippen molar-refractivity contribution in [2.75, 3.05) is 45.9 Å². The van der Waals surface area contributed by atoms with Gasteiger partial charge in [-0.3, -0.25) is 19.3 Å². The zero-order chi connectivity index (χ0) is 22.8. The molecule has 1 aromatic carbocycles. The van der Waals surface area contributed by atoms with Gasteiger partial charge in [0.1, 0.15) is 0 Å². The second-order valence-corrected chi connectivity index (χ2v) is 8.65. The predicted octanol–water partition coefficient (Wildman–Crippen LogP) is 3.40. The van der Waals surface area contributed by atoms with Crippen molar-refractivity contribution in [1.82, 2.24) is 10.2 Å². The number of hydrogen-bond acceptors (Lipinski definition) is 8. The van der Waals surface area contributed by atoms with Crippen LogP contribution in [0.5, 0.6) is 17.2 Å². The van der Waals surface area contributed by atoms with Crippen molar-refractivity contribution in [2.45, 2.75) is 19.8 Å². The number of benzene rings is 1. The molecule has 0 spiro atoms. The van der Waals surface area contributed by atoms with Gasteiger partial charge in [0.05, 0.1) is 32.0 Å². The second kappa shape index (κ2) is 12.5. The van der Waals surface area contributed by atoms with Gasteiger partial charge in [-0.25, -0.2) is 0 Å². The van der Waals surface area contributed by atoms with Crippen LogP contribution in [0.15, 0.2) is 17.0 Å². The molecule has 0 aromatic heterocycles. The summed E-state index contributed by atoms with van der Waals surface area (Å²) in [7, 11) is 4.52. The van der Waals surface area contributed by atoms with Crippen molar-refractivity contribution in [1.29, 1.82) is 0 Å². The third kappa shape index (κ3) is 6.83. The average Bonchev–Trinajstić information content (AvgIpc) is 3.03. The quantitative estimate of drug-likeness (QED) is 0.369. The summed E-state index contributed by atoms with van der Waals surface area (Å²) < 4.78 is 15.9. The standard InChI is InChI=1S/C21H28N2O6S2/c1-5-6-9-30-13-18(24)22-7-8-23-20(25)17(31-21(23)26)12-14-10-15(27-2)19(29-4)16(11-14)28-3/h10-12H,5-9,13H2,1-4H3,(H,22,24)/b17-12-. The highest BCUT2D eigenvalue weighted by molar-refractivity contribution is 8.18. The van der Waals surface area contributed by atoms with Crippen molar-refractivity contribution < 1.29 is 28.6 Å². The number of imide groups is 1. The first-order valence-corrected chi connectivity index (χ1v) is 11.8. The minimum atomic E-state index is -0.393. The van der Waals surface area contributed by atoms with Crippen molar-refractivity contribution in [2.24, 2.45) is 0 Å². The molecule has 1 fully saturated rings. The highest BCUT2D eigenvalue weighted by Gasteiger charge is 2.34. The van der Waals surface area contributed by atoms with Gasteiger partial charge in [0.25, 0.3) is 11.1 Å². The number of thioether (sulfide) groups is 2. The molecule has 0 atom stereocenters. The zero-order valence-corrected chi connectivity index (χ0v) is 19.8. The lowest BCUT2D eigenvalue weighted by Gasteiger charge is -2.13. The van der Waals surface area contributed by atoms with E-state index in [0.29, 0.717) is 33.5 Å². The number of nitrogens with one attached hydrogen (secondary N) is 1. The average molecular weight is 469 g/mol. The molecule has 1 saturated heterocycles. The van der Waals surface area contributed by atoms with Crippen LogP contribution >= 0.6 is 23.5 Å². The van der Waals surface area contributed by atoms with E-state index in [-0.39, 0.29) is 24.2 Å². The molecule has 3 amide bonds. The molecule has 1 aliphatic rings. The molecular formula is C21H28N2O6S2. The van der Waals surface area contributed by atoms with Crippen LogP contribution < -0.4 is 19.5 Å². The summed E-state index contributed by atoms with van der Waals surface area (Å²) in [6.07, 6.45) is 3.78. The summed E-state index contributed by atoms with van der Waals surface area (Å²) >= 11 is 2.44. The maximum absolute atomic E-state index is 12.7. The largest absolute Gasteiger partial charge is 0.493 e. The van der Waals surface area contributed by atoms with Gasteiger partial charge >= 0.3 is 0 Å². The molecule has 1 heterocycles. The first-order valence-electron chi connectivity index (χ1n) is 9.84. The topological polar surface area (TPSA) is 94.2 Å². The van der Waals surface area contributed by atoms with Gasteiger partial charge in [-0.1, -0.05) is 13.3 Å². The zero-order valence-electron chi connectivity index (χ0n) is 18.2. The summed E-state index contributed by atoms with van der Waals surface area (Å²) in [6, 6.07) is 3.40. The van der Waals surface area contributed by atoms with E-state index in [4.69, 9.17) is 14.2 Å². The number of ether oxygens (including phenoxy) is 3. The van der Waals surface area contributed by atoms with E-state index in [0.717, 1.165) is 35.3 Å². The van der Waals surface area contributed by atoms with E-state index in [1.165, 1.54) is 21.3 Å². The normalized spacial score (nSPS) is 14.8. The molecule has 1 aliphatic heterocycles. The Hall–Kier alpha value is -2.33. The lowest BCUT2D eigenvalue weighted by molar-refractivity contribution is -0.123. The molecule has 0 saturated carbocycles. The van der Waals surface area contributed by atoms with E-state index in [2.05, 4.69) is 12.2 Å². The van der Waals surface area contributed by atoms with Crippen LogP contribution in [0.4, 0.5) is 4.79 Å². The summed E-state index contributed by atoms with van der Waals surface area (Å²) in [6.45, 7) is 2.46. The Morgan fingerprint density at radius 3 is 2.42 bits per heavy atom. The molecular weight excluding hydrogens is 440 g/mol. The number of nitrogens with zero attached hydrogens (tertiary/aromatic N) is 1. The summed E-state index contributed by atoms with van der Waals surface area (Å²) in [5.74, 6) is 2.18. The Morgan fingerprint density at radius 2 is 1.84 bits per heavy atom. The lowest BCUT2D eigenvalue weighted by atomic mass is 10.1. The number of amides is 3. The van der Waals surface area contributed by atoms with E-state index in [1.54, 1.807) is 30.0 Å². The molecule has 0 bridgehead atoms. The number of carbonyl (C=O) groups excluding carboxylic acids is 3. The van der Waals surface area contributed by atoms with Crippen molar-refractivity contribution in [3.05, 3.63) is 22.6 Å². The third-order valence-corrected chi connectivity index (χ3v) is 6.34. The van der Waals surface area contributed by atoms with E-state index in [1.807, 2.05) is 0 Å². The van der Waals surface area contributed by atoms with Crippen LogP contribution in [-0.4, -0.2) is 67.9 Å². The lowest BCUT2D eigenvalue weighted by Crippen LogP contribution is -2.37. The van der Waals surface area contributed by atoms with E-state index in [9.17, 15) is 14.4 Å². The minimum absolute atomic E-state index is 0.0963. The van der Waals surface area contributed by atoms with Crippen LogP contribution in [0.3, 0.4) is 0 Å². The molecule has 1 N–H and O–H groups in total. The van der Waals surface area contributed by atoms with Crippen molar-refractivity contribution >= 4 is 46.7 Å². The highest BCUT2D eigenvalue weighted by atomic mass is 32.2. The highest BCUT2D eigenvalue weighted by Crippen LogP contribution is 2.40. The first kappa shape index (κ1) is 24.9.